The molecule has 0 bridgehead atoms. The van der Waals surface area contributed by atoms with Gasteiger partial charge in [-0.05, 0) is 53.4 Å². The molecule has 0 spiro atoms. The zero-order valence-corrected chi connectivity index (χ0v) is 20.4. The lowest BCUT2D eigenvalue weighted by atomic mass is 9.93. The first-order chi connectivity index (χ1) is 16.8. The molecule has 2 N–H and O–H groups in total. The highest BCUT2D eigenvalue weighted by atomic mass is 16.5. The number of carboxylic acid groups (broad SMARTS) is 1. The maximum absolute atomic E-state index is 12.8. The van der Waals surface area contributed by atoms with Crippen LogP contribution < -0.4 is 5.32 Å². The molecule has 2 aliphatic rings. The maximum Gasteiger partial charge on any atom is 0.407 e. The molecule has 4 rings (SSSR count). The van der Waals surface area contributed by atoms with Crippen molar-refractivity contribution in [1.82, 2.24) is 10.2 Å². The molecule has 1 unspecified atom stereocenters. The van der Waals surface area contributed by atoms with Crippen molar-refractivity contribution in [2.45, 2.75) is 51.5 Å². The molecule has 0 aromatic heterocycles. The molecule has 2 amide bonds. The van der Waals surface area contributed by atoms with E-state index < -0.39 is 18.1 Å². The largest absolute Gasteiger partial charge is 0.480 e. The summed E-state index contributed by atoms with van der Waals surface area (Å²) in [4.78, 5) is 38.4. The molecule has 1 heterocycles. The van der Waals surface area contributed by atoms with E-state index in [9.17, 15) is 19.5 Å². The summed E-state index contributed by atoms with van der Waals surface area (Å²) < 4.78 is 5.63. The summed E-state index contributed by atoms with van der Waals surface area (Å²) in [5.41, 5.74) is 4.66. The van der Waals surface area contributed by atoms with E-state index in [4.69, 9.17) is 4.74 Å². The number of benzene rings is 2. The second-order valence-corrected chi connectivity index (χ2v) is 9.99. The monoisotopic (exact) mass is 478 g/mol. The van der Waals surface area contributed by atoms with Crippen molar-refractivity contribution in [1.29, 1.82) is 0 Å². The molecule has 186 valence electrons. The van der Waals surface area contributed by atoms with E-state index in [1.54, 1.807) is 0 Å². The van der Waals surface area contributed by atoms with Crippen molar-refractivity contribution in [2.75, 3.05) is 19.7 Å². The summed E-state index contributed by atoms with van der Waals surface area (Å²) in [6, 6.07) is 15.6. The molecular formula is C28H34N2O5. The van der Waals surface area contributed by atoms with Crippen molar-refractivity contribution >= 4 is 18.0 Å². The van der Waals surface area contributed by atoms with Crippen molar-refractivity contribution in [3.8, 4) is 11.1 Å². The van der Waals surface area contributed by atoms with Crippen LogP contribution in [0.5, 0.6) is 0 Å². The van der Waals surface area contributed by atoms with Gasteiger partial charge >= 0.3 is 12.1 Å². The lowest BCUT2D eigenvalue weighted by Crippen LogP contribution is -2.42. The number of carboxylic acids is 1. The molecule has 1 fully saturated rings. The van der Waals surface area contributed by atoms with Crippen LogP contribution in [-0.2, 0) is 14.3 Å². The Bertz CT molecular complexity index is 1040. The van der Waals surface area contributed by atoms with Gasteiger partial charge in [0, 0.05) is 25.4 Å². The van der Waals surface area contributed by atoms with E-state index in [0.717, 1.165) is 17.5 Å². The van der Waals surface area contributed by atoms with E-state index in [1.165, 1.54) is 16.0 Å². The van der Waals surface area contributed by atoms with Gasteiger partial charge < -0.3 is 20.1 Å². The Morgan fingerprint density at radius 3 is 2.29 bits per heavy atom. The third-order valence-corrected chi connectivity index (χ3v) is 7.00. The fourth-order valence-electron chi connectivity index (χ4n) is 5.47. The first kappa shape index (κ1) is 24.8. The Labute approximate surface area is 206 Å². The first-order valence-electron chi connectivity index (χ1n) is 12.5. The normalized spacial score (nSPS) is 17.7. The van der Waals surface area contributed by atoms with E-state index >= 15 is 0 Å². The van der Waals surface area contributed by atoms with Gasteiger partial charge in [0.15, 0.2) is 0 Å². The molecule has 0 radical (unpaired) electrons. The summed E-state index contributed by atoms with van der Waals surface area (Å²) in [5.74, 6) is -0.865. The Morgan fingerprint density at radius 2 is 1.69 bits per heavy atom. The number of fused-ring (bicyclic) bond motifs is 3. The van der Waals surface area contributed by atoms with Gasteiger partial charge in [-0.3, -0.25) is 4.79 Å². The van der Waals surface area contributed by atoms with Crippen LogP contribution in [0.3, 0.4) is 0 Å². The van der Waals surface area contributed by atoms with Gasteiger partial charge in [0.2, 0.25) is 5.91 Å². The average molecular weight is 479 g/mol. The van der Waals surface area contributed by atoms with Crippen LogP contribution in [-0.4, -0.2) is 53.7 Å². The maximum atomic E-state index is 12.8. The molecule has 0 saturated carbocycles. The summed E-state index contributed by atoms with van der Waals surface area (Å²) in [5, 5.41) is 12.2. The fraction of sp³-hybridized carbons (Fsp3) is 0.464. The highest BCUT2D eigenvalue weighted by molar-refractivity contribution is 5.84. The number of likely N-dealkylation sites (tertiary alicyclic amines) is 1. The van der Waals surface area contributed by atoms with Crippen LogP contribution in [0.1, 0.15) is 56.6 Å². The van der Waals surface area contributed by atoms with Crippen LogP contribution in [0.4, 0.5) is 4.79 Å². The zero-order valence-electron chi connectivity index (χ0n) is 20.4. The summed E-state index contributed by atoms with van der Waals surface area (Å²) in [6.45, 7) is 5.17. The molecule has 2 atom stereocenters. The van der Waals surface area contributed by atoms with E-state index in [1.807, 2.05) is 24.3 Å². The first-order valence-corrected chi connectivity index (χ1v) is 12.5. The Kier molecular flexibility index (Phi) is 7.73. The number of carbonyl (C=O) groups is 3. The predicted molar refractivity (Wildman–Crippen MR) is 133 cm³/mol. The molecule has 2 aromatic rings. The second kappa shape index (κ2) is 10.9. The number of hydrogen-bond donors (Lipinski definition) is 2. The van der Waals surface area contributed by atoms with Gasteiger partial charge in [-0.25, -0.2) is 9.59 Å². The van der Waals surface area contributed by atoms with Gasteiger partial charge in [-0.15, -0.1) is 0 Å². The highest BCUT2D eigenvalue weighted by Gasteiger charge is 2.35. The molecular weight excluding hydrogens is 444 g/mol. The Hall–Kier alpha value is -3.35. The van der Waals surface area contributed by atoms with E-state index in [0.29, 0.717) is 31.8 Å². The summed E-state index contributed by atoms with van der Waals surface area (Å²) >= 11 is 0. The van der Waals surface area contributed by atoms with Crippen LogP contribution in [0, 0.1) is 11.8 Å². The Morgan fingerprint density at radius 1 is 1.06 bits per heavy atom. The van der Waals surface area contributed by atoms with Crippen molar-refractivity contribution < 1.29 is 24.2 Å². The quantitative estimate of drug-likeness (QED) is 0.547. The topological polar surface area (TPSA) is 95.9 Å². The second-order valence-electron chi connectivity index (χ2n) is 9.99. The predicted octanol–water partition coefficient (Wildman–Crippen LogP) is 4.65. The lowest BCUT2D eigenvalue weighted by molar-refractivity contribution is -0.148. The number of amides is 2. The number of ether oxygens (including phenoxy) is 1. The standard InChI is InChI=1S/C28H34N2O5/c1-18(2)14-19(15-26(31)30-13-7-12-25(30)27(32)33)16-29-28(34)35-17-24-22-10-5-3-8-20(22)21-9-4-6-11-23(21)24/h3-6,8-11,18-19,24-25H,7,12-17H2,1-2H3,(H,29,34)(H,32,33)/t19?,25-/m1/s1. The molecule has 1 aliphatic heterocycles. The molecule has 2 aromatic carbocycles. The summed E-state index contributed by atoms with van der Waals surface area (Å²) in [6.07, 6.45) is 1.66. The van der Waals surface area contributed by atoms with Crippen LogP contribution >= 0.6 is 0 Å². The molecule has 1 aliphatic carbocycles. The van der Waals surface area contributed by atoms with Gasteiger partial charge in [0.05, 0.1) is 0 Å². The number of nitrogens with zero attached hydrogens (tertiary/aromatic N) is 1. The molecule has 7 heteroatoms. The number of aliphatic carboxylic acids is 1. The minimum atomic E-state index is -0.951. The smallest absolute Gasteiger partial charge is 0.407 e. The van der Waals surface area contributed by atoms with Crippen molar-refractivity contribution in [2.24, 2.45) is 11.8 Å². The lowest BCUT2D eigenvalue weighted by Gasteiger charge is -2.25. The third-order valence-electron chi connectivity index (χ3n) is 7.00. The Balaban J connectivity index is 1.33. The fourth-order valence-corrected chi connectivity index (χ4v) is 5.47. The SMILES string of the molecule is CC(C)CC(CNC(=O)OCC1c2ccccc2-c2ccccc21)CC(=O)N1CCC[C@@H]1C(=O)O. The van der Waals surface area contributed by atoms with Gasteiger partial charge in [0.25, 0.3) is 0 Å². The number of hydrogen-bond acceptors (Lipinski definition) is 4. The number of nitrogens with one attached hydrogen (secondary N) is 1. The highest BCUT2D eigenvalue weighted by Crippen LogP contribution is 2.44. The van der Waals surface area contributed by atoms with Crippen LogP contribution in [0.15, 0.2) is 48.5 Å². The average Bonchev–Trinajstić information content (AvgIpc) is 3.45. The van der Waals surface area contributed by atoms with E-state index in [2.05, 4.69) is 43.4 Å². The number of alkyl carbamates (subject to hydrolysis) is 1. The van der Waals surface area contributed by atoms with Crippen LogP contribution in [0.25, 0.3) is 11.1 Å². The van der Waals surface area contributed by atoms with Gasteiger partial charge in [-0.2, -0.15) is 0 Å². The minimum absolute atomic E-state index is 0.00990. The van der Waals surface area contributed by atoms with Crippen LogP contribution in [0.2, 0.25) is 0 Å². The van der Waals surface area contributed by atoms with Crippen molar-refractivity contribution in [3.05, 3.63) is 59.7 Å². The van der Waals surface area contributed by atoms with Gasteiger partial charge in [-0.1, -0.05) is 62.4 Å². The summed E-state index contributed by atoms with van der Waals surface area (Å²) in [7, 11) is 0. The molecule has 35 heavy (non-hydrogen) atoms. The third kappa shape index (κ3) is 5.66. The molecule has 1 saturated heterocycles. The molecule has 7 nitrogen and oxygen atoms in total. The van der Waals surface area contributed by atoms with Gasteiger partial charge in [0.1, 0.15) is 12.6 Å². The van der Waals surface area contributed by atoms with Crippen molar-refractivity contribution in [3.63, 3.8) is 0 Å². The zero-order chi connectivity index (χ0) is 24.9. The number of carbonyl (C=O) groups excluding carboxylic acids is 2. The number of rotatable bonds is 9. The van der Waals surface area contributed by atoms with E-state index in [-0.39, 0.29) is 30.8 Å². The minimum Gasteiger partial charge on any atom is -0.480 e.